The van der Waals surface area contributed by atoms with Crippen LogP contribution in [0.5, 0.6) is 0 Å². The second-order valence-corrected chi connectivity index (χ2v) is 5.88. The van der Waals surface area contributed by atoms with E-state index in [1.165, 1.54) is 0 Å². The highest BCUT2D eigenvalue weighted by atomic mass is 16.2. The summed E-state index contributed by atoms with van der Waals surface area (Å²) in [6.07, 6.45) is 0. The number of benzene rings is 2. The van der Waals surface area contributed by atoms with Crippen LogP contribution in [-0.2, 0) is 11.8 Å². The van der Waals surface area contributed by atoms with Crippen LogP contribution in [0.3, 0.4) is 0 Å². The molecule has 1 heterocycles. The van der Waals surface area contributed by atoms with Gasteiger partial charge in [0.25, 0.3) is 0 Å². The quantitative estimate of drug-likeness (QED) is 0.640. The smallest absolute Gasteiger partial charge is 0.319 e. The fourth-order valence-electron chi connectivity index (χ4n) is 2.41. The Kier molecular flexibility index (Phi) is 5.41. The number of tetrazole rings is 1. The second-order valence-electron chi connectivity index (χ2n) is 5.88. The summed E-state index contributed by atoms with van der Waals surface area (Å²) in [6.45, 7) is 1.61. The highest BCUT2D eigenvalue weighted by Gasteiger charge is 2.16. The van der Waals surface area contributed by atoms with Gasteiger partial charge in [0.2, 0.25) is 5.91 Å². The number of amides is 3. The number of carbonyl (C=O) groups excluding carboxylic acids is 2. The minimum Gasteiger partial charge on any atom is -0.326 e. The Balaban J connectivity index is 1.60. The fraction of sp³-hybridized carbons (Fsp3) is 0.167. The van der Waals surface area contributed by atoms with E-state index in [0.29, 0.717) is 17.2 Å². The summed E-state index contributed by atoms with van der Waals surface area (Å²) >= 11 is 0. The number of aryl methyl sites for hydroxylation is 1. The minimum absolute atomic E-state index is 0.341. The van der Waals surface area contributed by atoms with E-state index in [4.69, 9.17) is 0 Å². The largest absolute Gasteiger partial charge is 0.326 e. The van der Waals surface area contributed by atoms with Crippen molar-refractivity contribution in [2.45, 2.75) is 13.0 Å². The average Bonchev–Trinajstić information content (AvgIpc) is 3.08. The van der Waals surface area contributed by atoms with Crippen molar-refractivity contribution in [3.63, 3.8) is 0 Å². The van der Waals surface area contributed by atoms with E-state index in [1.807, 2.05) is 24.3 Å². The van der Waals surface area contributed by atoms with E-state index in [1.54, 1.807) is 49.0 Å². The highest BCUT2D eigenvalue weighted by Crippen LogP contribution is 2.19. The van der Waals surface area contributed by atoms with Crippen molar-refractivity contribution < 1.29 is 9.59 Å². The van der Waals surface area contributed by atoms with Gasteiger partial charge in [0.1, 0.15) is 6.04 Å². The predicted molar refractivity (Wildman–Crippen MR) is 101 cm³/mol. The molecule has 0 bridgehead atoms. The predicted octanol–water partition coefficient (Wildman–Crippen LogP) is 2.03. The van der Waals surface area contributed by atoms with Crippen LogP contribution in [0.4, 0.5) is 16.2 Å². The number of hydrogen-bond acceptors (Lipinski definition) is 5. The third-order valence-corrected chi connectivity index (χ3v) is 3.78. The number of nitrogens with zero attached hydrogens (tertiary/aromatic N) is 4. The van der Waals surface area contributed by atoms with E-state index < -0.39 is 12.1 Å². The van der Waals surface area contributed by atoms with Gasteiger partial charge in [0.05, 0.1) is 0 Å². The molecule has 0 spiro atoms. The molecule has 0 fully saturated rings. The summed E-state index contributed by atoms with van der Waals surface area (Å²) in [5.41, 5.74) is 1.99. The molecular formula is C18H19N7O2. The van der Waals surface area contributed by atoms with E-state index in [0.717, 1.165) is 5.56 Å². The normalized spacial score (nSPS) is 11.5. The zero-order valence-electron chi connectivity index (χ0n) is 14.9. The van der Waals surface area contributed by atoms with Crippen molar-refractivity contribution in [3.05, 3.63) is 54.6 Å². The molecule has 0 saturated heterocycles. The Hall–Kier alpha value is -3.75. The zero-order chi connectivity index (χ0) is 19.2. The lowest BCUT2D eigenvalue weighted by Crippen LogP contribution is -2.43. The standard InChI is InChI=1S/C18H19N7O2/c1-12(19-18(27)21-14-8-4-3-5-9-14)17(26)20-15-10-6-7-13(11-15)16-22-23-24-25(16)2/h3-12H,1-2H3,(H,20,26)(H2,19,21,27)/t12-/m1/s1. The van der Waals surface area contributed by atoms with Gasteiger partial charge in [-0.15, -0.1) is 5.10 Å². The molecule has 0 aliphatic heterocycles. The number of anilines is 2. The van der Waals surface area contributed by atoms with Gasteiger partial charge >= 0.3 is 6.03 Å². The Morgan fingerprint density at radius 2 is 1.74 bits per heavy atom. The Labute approximate surface area is 155 Å². The van der Waals surface area contributed by atoms with E-state index in [2.05, 4.69) is 31.5 Å². The summed E-state index contributed by atoms with van der Waals surface area (Å²) < 4.78 is 1.54. The third-order valence-electron chi connectivity index (χ3n) is 3.78. The van der Waals surface area contributed by atoms with Crippen LogP contribution in [0.2, 0.25) is 0 Å². The topological polar surface area (TPSA) is 114 Å². The van der Waals surface area contributed by atoms with E-state index in [-0.39, 0.29) is 5.91 Å². The molecule has 0 radical (unpaired) electrons. The first-order valence-corrected chi connectivity index (χ1v) is 8.29. The van der Waals surface area contributed by atoms with Crippen LogP contribution in [-0.4, -0.2) is 38.2 Å². The number of carbonyl (C=O) groups is 2. The van der Waals surface area contributed by atoms with Gasteiger partial charge in [0, 0.05) is 24.0 Å². The number of nitrogens with one attached hydrogen (secondary N) is 3. The summed E-state index contributed by atoms with van der Waals surface area (Å²) in [6, 6.07) is 15.0. The first kappa shape index (κ1) is 18.1. The number of aromatic nitrogens is 4. The maximum Gasteiger partial charge on any atom is 0.319 e. The zero-order valence-corrected chi connectivity index (χ0v) is 14.9. The average molecular weight is 365 g/mol. The first-order valence-electron chi connectivity index (χ1n) is 8.29. The van der Waals surface area contributed by atoms with Crippen molar-refractivity contribution in [1.82, 2.24) is 25.5 Å². The Bertz CT molecular complexity index is 940. The van der Waals surface area contributed by atoms with Crippen LogP contribution in [0.15, 0.2) is 54.6 Å². The SMILES string of the molecule is C[C@@H](NC(=O)Nc1ccccc1)C(=O)Nc1cccc(-c2nnnn2C)c1. The van der Waals surface area contributed by atoms with Crippen LogP contribution in [0.25, 0.3) is 11.4 Å². The van der Waals surface area contributed by atoms with Crippen LogP contribution in [0.1, 0.15) is 6.92 Å². The van der Waals surface area contributed by atoms with Gasteiger partial charge in [-0.05, 0) is 41.6 Å². The van der Waals surface area contributed by atoms with Crippen molar-refractivity contribution in [2.24, 2.45) is 7.05 Å². The molecule has 3 N–H and O–H groups in total. The molecule has 9 nitrogen and oxygen atoms in total. The second kappa shape index (κ2) is 8.09. The summed E-state index contributed by atoms with van der Waals surface area (Å²) in [5.74, 6) is 0.242. The summed E-state index contributed by atoms with van der Waals surface area (Å²) in [4.78, 5) is 24.4. The molecule has 3 amide bonds. The molecule has 1 aromatic heterocycles. The number of para-hydroxylation sites is 1. The van der Waals surface area contributed by atoms with Gasteiger partial charge in [0.15, 0.2) is 5.82 Å². The maximum atomic E-state index is 12.4. The van der Waals surface area contributed by atoms with Gasteiger partial charge in [-0.2, -0.15) is 0 Å². The van der Waals surface area contributed by atoms with E-state index >= 15 is 0 Å². The fourth-order valence-corrected chi connectivity index (χ4v) is 2.41. The van der Waals surface area contributed by atoms with Gasteiger partial charge in [-0.3, -0.25) is 4.79 Å². The third kappa shape index (κ3) is 4.66. The van der Waals surface area contributed by atoms with E-state index in [9.17, 15) is 9.59 Å². The molecule has 2 aromatic carbocycles. The van der Waals surface area contributed by atoms with Crippen molar-refractivity contribution in [1.29, 1.82) is 0 Å². The molecule has 0 aliphatic carbocycles. The number of urea groups is 1. The van der Waals surface area contributed by atoms with Crippen LogP contribution >= 0.6 is 0 Å². The van der Waals surface area contributed by atoms with Crippen LogP contribution < -0.4 is 16.0 Å². The molecule has 3 rings (SSSR count). The molecule has 0 aliphatic rings. The molecular weight excluding hydrogens is 346 g/mol. The number of rotatable bonds is 5. The lowest BCUT2D eigenvalue weighted by molar-refractivity contribution is -0.117. The number of hydrogen-bond donors (Lipinski definition) is 3. The van der Waals surface area contributed by atoms with Crippen molar-refractivity contribution in [2.75, 3.05) is 10.6 Å². The molecule has 0 saturated carbocycles. The summed E-state index contributed by atoms with van der Waals surface area (Å²) in [7, 11) is 1.73. The summed E-state index contributed by atoms with van der Waals surface area (Å²) in [5, 5.41) is 19.4. The Morgan fingerprint density at radius 1 is 1.00 bits per heavy atom. The molecule has 1 atom stereocenters. The van der Waals surface area contributed by atoms with Gasteiger partial charge in [-0.25, -0.2) is 9.48 Å². The first-order chi connectivity index (χ1) is 13.0. The monoisotopic (exact) mass is 365 g/mol. The highest BCUT2D eigenvalue weighted by molar-refractivity contribution is 5.99. The molecule has 9 heteroatoms. The molecule has 3 aromatic rings. The lowest BCUT2D eigenvalue weighted by atomic mass is 10.2. The van der Waals surface area contributed by atoms with Gasteiger partial charge in [-0.1, -0.05) is 30.3 Å². The Morgan fingerprint density at radius 3 is 2.44 bits per heavy atom. The van der Waals surface area contributed by atoms with Crippen molar-refractivity contribution >= 4 is 23.3 Å². The van der Waals surface area contributed by atoms with Crippen LogP contribution in [0, 0.1) is 0 Å². The van der Waals surface area contributed by atoms with Gasteiger partial charge < -0.3 is 16.0 Å². The molecule has 138 valence electrons. The van der Waals surface area contributed by atoms with Crippen molar-refractivity contribution in [3.8, 4) is 11.4 Å². The lowest BCUT2D eigenvalue weighted by Gasteiger charge is -2.15. The molecule has 27 heavy (non-hydrogen) atoms. The maximum absolute atomic E-state index is 12.4. The molecule has 0 unspecified atom stereocenters. The minimum atomic E-state index is -0.728.